The summed E-state index contributed by atoms with van der Waals surface area (Å²) in [5, 5.41) is 14.0. The Bertz CT molecular complexity index is 614. The Balaban J connectivity index is 2.34. The summed E-state index contributed by atoms with van der Waals surface area (Å²) in [4.78, 5) is 11.8. The van der Waals surface area contributed by atoms with Crippen molar-refractivity contribution in [3.63, 3.8) is 0 Å². The summed E-state index contributed by atoms with van der Waals surface area (Å²) in [5.74, 6) is 0.790. The van der Waals surface area contributed by atoms with Gasteiger partial charge in [0.15, 0.2) is 0 Å². The molecule has 2 aromatic carbocycles. The van der Waals surface area contributed by atoms with Crippen molar-refractivity contribution < 1.29 is 9.66 Å². The number of benzene rings is 2. The maximum atomic E-state index is 11.2. The predicted molar refractivity (Wildman–Crippen MR) is 80.9 cm³/mol. The van der Waals surface area contributed by atoms with Gasteiger partial charge >= 0.3 is 5.69 Å². The molecule has 104 valence electrons. The maximum Gasteiger partial charge on any atom is 0.334 e. The van der Waals surface area contributed by atoms with Crippen LogP contribution in [0.25, 0.3) is 0 Å². The molecular weight excluding hydrogens is 276 g/mol. The lowest BCUT2D eigenvalue weighted by molar-refractivity contribution is -0.384. The van der Waals surface area contributed by atoms with Crippen LogP contribution in [0.5, 0.6) is 11.5 Å². The lowest BCUT2D eigenvalue weighted by Gasteiger charge is -2.09. The van der Waals surface area contributed by atoms with Gasteiger partial charge in [-0.15, -0.1) is 11.8 Å². The van der Waals surface area contributed by atoms with Crippen LogP contribution >= 0.6 is 11.8 Å². The molecule has 0 bridgehead atoms. The molecule has 1 N–H and O–H groups in total. The third-order valence-electron chi connectivity index (χ3n) is 2.74. The van der Waals surface area contributed by atoms with Gasteiger partial charge in [-0.25, -0.2) is 0 Å². The first-order valence-electron chi connectivity index (χ1n) is 5.92. The van der Waals surface area contributed by atoms with E-state index in [0.29, 0.717) is 11.4 Å². The van der Waals surface area contributed by atoms with Gasteiger partial charge in [-0.3, -0.25) is 10.1 Å². The molecule has 0 aliphatic heterocycles. The van der Waals surface area contributed by atoms with Crippen LogP contribution in [0.2, 0.25) is 0 Å². The quantitative estimate of drug-likeness (QED) is 0.509. The molecule has 0 aliphatic carbocycles. The van der Waals surface area contributed by atoms with Crippen molar-refractivity contribution in [2.45, 2.75) is 4.90 Å². The smallest absolute Gasteiger partial charge is 0.334 e. The van der Waals surface area contributed by atoms with E-state index in [1.165, 1.54) is 0 Å². The van der Waals surface area contributed by atoms with Crippen molar-refractivity contribution >= 4 is 23.1 Å². The topological polar surface area (TPSA) is 64.4 Å². The number of ether oxygens (including phenoxy) is 1. The third kappa shape index (κ3) is 3.03. The van der Waals surface area contributed by atoms with Gasteiger partial charge in [0.2, 0.25) is 5.75 Å². The number of hydrogen-bond acceptors (Lipinski definition) is 5. The lowest BCUT2D eigenvalue weighted by atomic mass is 10.2. The first-order valence-corrected chi connectivity index (χ1v) is 7.15. The highest BCUT2D eigenvalue weighted by Crippen LogP contribution is 2.37. The summed E-state index contributed by atoms with van der Waals surface area (Å²) in [7, 11) is 1.64. The van der Waals surface area contributed by atoms with Gasteiger partial charge in [0, 0.05) is 11.9 Å². The van der Waals surface area contributed by atoms with Crippen molar-refractivity contribution in [2.75, 3.05) is 18.6 Å². The molecule has 6 heteroatoms. The zero-order valence-corrected chi connectivity index (χ0v) is 11.9. The molecular formula is C14H14N2O3S. The van der Waals surface area contributed by atoms with Gasteiger partial charge < -0.3 is 10.1 Å². The van der Waals surface area contributed by atoms with E-state index in [2.05, 4.69) is 5.32 Å². The number of nitro benzene ring substituents is 1. The average Bonchev–Trinajstić information content (AvgIpc) is 2.47. The summed E-state index contributed by atoms with van der Waals surface area (Å²) in [6, 6.07) is 12.3. The molecule has 0 heterocycles. The van der Waals surface area contributed by atoms with Crippen LogP contribution in [0, 0.1) is 10.1 Å². The lowest BCUT2D eigenvalue weighted by Crippen LogP contribution is -1.99. The molecule has 0 aromatic heterocycles. The SMILES string of the molecule is CNc1cccc(Oc2ccc(SC)cc2)c1[N+](=O)[O-]. The summed E-state index contributed by atoms with van der Waals surface area (Å²) in [5.41, 5.74) is 0.358. The normalized spacial score (nSPS) is 10.1. The largest absolute Gasteiger partial charge is 0.450 e. The number of para-hydroxylation sites is 1. The zero-order chi connectivity index (χ0) is 14.5. The van der Waals surface area contributed by atoms with Crippen LogP contribution in [-0.2, 0) is 0 Å². The standard InChI is InChI=1S/C14H14N2O3S/c1-15-12-4-3-5-13(14(12)16(17)18)19-10-6-8-11(20-2)9-7-10/h3-9,15H,1-2H3. The predicted octanol–water partition coefficient (Wildman–Crippen LogP) is 4.15. The minimum atomic E-state index is -0.447. The molecule has 0 radical (unpaired) electrons. The number of thioether (sulfide) groups is 1. The van der Waals surface area contributed by atoms with E-state index in [1.54, 1.807) is 49.1 Å². The number of nitro groups is 1. The van der Waals surface area contributed by atoms with Crippen LogP contribution in [0.15, 0.2) is 47.4 Å². The zero-order valence-electron chi connectivity index (χ0n) is 11.1. The minimum Gasteiger partial charge on any atom is -0.450 e. The molecule has 2 rings (SSSR count). The highest BCUT2D eigenvalue weighted by molar-refractivity contribution is 7.98. The number of anilines is 1. The van der Waals surface area contributed by atoms with Crippen molar-refractivity contribution in [1.29, 1.82) is 0 Å². The highest BCUT2D eigenvalue weighted by atomic mass is 32.2. The molecule has 5 nitrogen and oxygen atoms in total. The summed E-state index contributed by atoms with van der Waals surface area (Å²) in [6.07, 6.45) is 1.98. The van der Waals surface area contributed by atoms with Crippen molar-refractivity contribution in [3.05, 3.63) is 52.6 Å². The maximum absolute atomic E-state index is 11.2. The van der Waals surface area contributed by atoms with Crippen LogP contribution in [-0.4, -0.2) is 18.2 Å². The first-order chi connectivity index (χ1) is 9.65. The fraction of sp³-hybridized carbons (Fsp3) is 0.143. The third-order valence-corrected chi connectivity index (χ3v) is 3.48. The van der Waals surface area contributed by atoms with Crippen LogP contribution in [0.1, 0.15) is 0 Å². The Kier molecular flexibility index (Phi) is 4.47. The second kappa shape index (κ2) is 6.29. The van der Waals surface area contributed by atoms with Crippen molar-refractivity contribution in [2.24, 2.45) is 0 Å². The van der Waals surface area contributed by atoms with Crippen LogP contribution in [0.4, 0.5) is 11.4 Å². The second-order valence-corrected chi connectivity index (χ2v) is 4.82. The van der Waals surface area contributed by atoms with Gasteiger partial charge in [0.1, 0.15) is 11.4 Å². The van der Waals surface area contributed by atoms with Crippen molar-refractivity contribution in [1.82, 2.24) is 0 Å². The number of rotatable bonds is 5. The molecule has 0 saturated heterocycles. The highest BCUT2D eigenvalue weighted by Gasteiger charge is 2.20. The molecule has 20 heavy (non-hydrogen) atoms. The second-order valence-electron chi connectivity index (χ2n) is 3.94. The molecule has 0 fully saturated rings. The van der Waals surface area contributed by atoms with E-state index in [4.69, 9.17) is 4.74 Å². The van der Waals surface area contributed by atoms with E-state index < -0.39 is 4.92 Å². The van der Waals surface area contributed by atoms with Gasteiger partial charge in [-0.1, -0.05) is 6.07 Å². The van der Waals surface area contributed by atoms with E-state index in [9.17, 15) is 10.1 Å². The Labute approximate surface area is 121 Å². The summed E-state index contributed by atoms with van der Waals surface area (Å²) < 4.78 is 5.62. The fourth-order valence-electron chi connectivity index (χ4n) is 1.77. The van der Waals surface area contributed by atoms with Crippen molar-refractivity contribution in [3.8, 4) is 11.5 Å². The first kappa shape index (κ1) is 14.2. The molecule has 0 spiro atoms. The molecule has 0 atom stereocenters. The molecule has 0 saturated carbocycles. The number of hydrogen-bond donors (Lipinski definition) is 1. The molecule has 0 amide bonds. The van der Waals surface area contributed by atoms with Gasteiger partial charge in [0.05, 0.1) is 4.92 Å². The summed E-state index contributed by atoms with van der Waals surface area (Å²) in [6.45, 7) is 0. The fourth-order valence-corrected chi connectivity index (χ4v) is 2.17. The van der Waals surface area contributed by atoms with Gasteiger partial charge in [0.25, 0.3) is 0 Å². The Morgan fingerprint density at radius 1 is 1.20 bits per heavy atom. The van der Waals surface area contributed by atoms with E-state index in [0.717, 1.165) is 4.90 Å². The monoisotopic (exact) mass is 290 g/mol. The van der Waals surface area contributed by atoms with Gasteiger partial charge in [-0.2, -0.15) is 0 Å². The molecule has 0 unspecified atom stereocenters. The van der Waals surface area contributed by atoms with Gasteiger partial charge in [-0.05, 0) is 42.7 Å². The Morgan fingerprint density at radius 2 is 1.90 bits per heavy atom. The molecule has 0 aliphatic rings. The summed E-state index contributed by atoms with van der Waals surface area (Å²) >= 11 is 1.62. The van der Waals surface area contributed by atoms with Crippen LogP contribution < -0.4 is 10.1 Å². The number of nitrogens with one attached hydrogen (secondary N) is 1. The van der Waals surface area contributed by atoms with E-state index in [-0.39, 0.29) is 11.4 Å². The van der Waals surface area contributed by atoms with E-state index >= 15 is 0 Å². The number of nitrogens with zero attached hydrogens (tertiary/aromatic N) is 1. The Morgan fingerprint density at radius 3 is 2.45 bits per heavy atom. The van der Waals surface area contributed by atoms with Crippen LogP contribution in [0.3, 0.4) is 0 Å². The Hall–Kier alpha value is -2.21. The molecule has 2 aromatic rings. The minimum absolute atomic E-state index is 0.0658. The average molecular weight is 290 g/mol. The van der Waals surface area contributed by atoms with E-state index in [1.807, 2.05) is 18.4 Å².